The van der Waals surface area contributed by atoms with Gasteiger partial charge in [0.2, 0.25) is 0 Å². The van der Waals surface area contributed by atoms with Crippen molar-refractivity contribution in [3.63, 3.8) is 0 Å². The van der Waals surface area contributed by atoms with Gasteiger partial charge < -0.3 is 10.5 Å². The van der Waals surface area contributed by atoms with E-state index in [-0.39, 0.29) is 5.54 Å². The van der Waals surface area contributed by atoms with Gasteiger partial charge in [0.05, 0.1) is 5.54 Å². The van der Waals surface area contributed by atoms with E-state index in [0.29, 0.717) is 0 Å². The average molecular weight is 407 g/mol. The maximum atomic E-state index is 6.11. The number of benzene rings is 2. The van der Waals surface area contributed by atoms with Crippen LogP contribution in [0.5, 0.6) is 11.5 Å². The first kappa shape index (κ1) is 17.8. The molecule has 1 spiro atoms. The molecule has 2 heterocycles. The van der Waals surface area contributed by atoms with E-state index in [9.17, 15) is 0 Å². The van der Waals surface area contributed by atoms with Crippen molar-refractivity contribution in [1.82, 2.24) is 0 Å². The summed E-state index contributed by atoms with van der Waals surface area (Å²) in [7, 11) is 0. The van der Waals surface area contributed by atoms with E-state index in [1.54, 1.807) is 11.8 Å². The molecule has 0 bridgehead atoms. The monoisotopic (exact) mass is 406 g/mol. The lowest BCUT2D eigenvalue weighted by molar-refractivity contribution is 0.368. The van der Waals surface area contributed by atoms with Crippen LogP contribution in [0.1, 0.15) is 29.7 Å². The predicted octanol–water partition coefficient (Wildman–Crippen LogP) is 6.19. The van der Waals surface area contributed by atoms with Crippen LogP contribution in [0.4, 0.5) is 0 Å². The molecule has 1 aliphatic carbocycles. The van der Waals surface area contributed by atoms with Crippen molar-refractivity contribution in [1.29, 1.82) is 0 Å². The summed E-state index contributed by atoms with van der Waals surface area (Å²) in [6, 6.07) is 20.6. The number of nitrogens with two attached hydrogens (primary N) is 1. The minimum atomic E-state index is -0.101. The van der Waals surface area contributed by atoms with E-state index in [1.807, 2.05) is 47.7 Å². The van der Waals surface area contributed by atoms with Gasteiger partial charge in [0, 0.05) is 15.5 Å². The predicted molar refractivity (Wildman–Crippen MR) is 120 cm³/mol. The van der Waals surface area contributed by atoms with Gasteiger partial charge in [-0.25, -0.2) is 0 Å². The van der Waals surface area contributed by atoms with Crippen LogP contribution in [0.25, 0.3) is 10.4 Å². The van der Waals surface area contributed by atoms with Gasteiger partial charge in [-0.1, -0.05) is 42.1 Å². The van der Waals surface area contributed by atoms with Crippen molar-refractivity contribution < 1.29 is 4.74 Å². The van der Waals surface area contributed by atoms with Gasteiger partial charge in [-0.3, -0.25) is 4.99 Å². The van der Waals surface area contributed by atoms with E-state index in [4.69, 9.17) is 15.5 Å². The highest BCUT2D eigenvalue weighted by atomic mass is 32.2. The van der Waals surface area contributed by atoms with Crippen LogP contribution >= 0.6 is 23.1 Å². The number of fused-ring (bicyclic) bond motifs is 2. The van der Waals surface area contributed by atoms with E-state index < -0.39 is 0 Å². The SMILES string of the molecule is NC1=NC2(CCCc3sc(-c4cccc(Oc5ccccc5)c4)cc32)CCS1. The number of thiophene rings is 1. The highest BCUT2D eigenvalue weighted by molar-refractivity contribution is 8.13. The average Bonchev–Trinajstić information content (AvgIpc) is 3.15. The molecule has 0 saturated heterocycles. The number of hydrogen-bond acceptors (Lipinski definition) is 5. The zero-order valence-electron chi connectivity index (χ0n) is 15.6. The lowest BCUT2D eigenvalue weighted by Gasteiger charge is -2.36. The lowest BCUT2D eigenvalue weighted by atomic mass is 9.78. The van der Waals surface area contributed by atoms with Gasteiger partial charge in [0.25, 0.3) is 0 Å². The molecule has 5 rings (SSSR count). The molecule has 2 N–H and O–H groups in total. The Bertz CT molecular complexity index is 1030. The fourth-order valence-corrected chi connectivity index (χ4v) is 6.34. The molecule has 0 fully saturated rings. The highest BCUT2D eigenvalue weighted by Crippen LogP contribution is 2.49. The van der Waals surface area contributed by atoms with Crippen LogP contribution in [0.2, 0.25) is 0 Å². The number of amidine groups is 1. The number of hydrogen-bond donors (Lipinski definition) is 1. The first-order valence-corrected chi connectivity index (χ1v) is 11.5. The topological polar surface area (TPSA) is 47.6 Å². The van der Waals surface area contributed by atoms with Crippen molar-refractivity contribution in [2.45, 2.75) is 31.2 Å². The van der Waals surface area contributed by atoms with E-state index >= 15 is 0 Å². The lowest BCUT2D eigenvalue weighted by Crippen LogP contribution is -2.34. The minimum Gasteiger partial charge on any atom is -0.457 e. The molecule has 28 heavy (non-hydrogen) atoms. The molecule has 0 radical (unpaired) electrons. The number of thioether (sulfide) groups is 1. The van der Waals surface area contributed by atoms with Crippen molar-refractivity contribution in [3.05, 3.63) is 71.1 Å². The van der Waals surface area contributed by atoms with E-state index in [1.165, 1.54) is 27.3 Å². The standard InChI is InChI=1S/C23H22N2OS2/c24-22-25-23(12-13-27-22)11-5-10-20-19(23)15-21(28-20)16-6-4-9-18(14-16)26-17-7-2-1-3-8-17/h1-4,6-9,14-15H,5,10-13H2,(H2,24,25). The summed E-state index contributed by atoms with van der Waals surface area (Å²) in [4.78, 5) is 7.69. The third-order valence-electron chi connectivity index (χ3n) is 5.49. The van der Waals surface area contributed by atoms with Crippen molar-refractivity contribution in [2.24, 2.45) is 10.7 Å². The van der Waals surface area contributed by atoms with Crippen LogP contribution in [0, 0.1) is 0 Å². The molecular weight excluding hydrogens is 384 g/mol. The number of nitrogens with zero attached hydrogens (tertiary/aromatic N) is 1. The van der Waals surface area contributed by atoms with Gasteiger partial charge in [-0.15, -0.1) is 11.3 Å². The molecule has 3 aromatic rings. The summed E-state index contributed by atoms with van der Waals surface area (Å²) < 4.78 is 6.03. The van der Waals surface area contributed by atoms with Crippen LogP contribution in [0.3, 0.4) is 0 Å². The van der Waals surface area contributed by atoms with E-state index in [0.717, 1.165) is 41.7 Å². The third kappa shape index (κ3) is 3.33. The van der Waals surface area contributed by atoms with Gasteiger partial charge in [0.15, 0.2) is 5.17 Å². The molecule has 3 nitrogen and oxygen atoms in total. The summed E-state index contributed by atoms with van der Waals surface area (Å²) in [5.74, 6) is 2.77. The molecule has 1 atom stereocenters. The molecular formula is C23H22N2OS2. The first-order valence-electron chi connectivity index (χ1n) is 9.67. The Morgan fingerprint density at radius 3 is 2.68 bits per heavy atom. The van der Waals surface area contributed by atoms with Crippen LogP contribution in [-0.2, 0) is 12.0 Å². The van der Waals surface area contributed by atoms with Gasteiger partial charge >= 0.3 is 0 Å². The molecule has 2 aromatic carbocycles. The van der Waals surface area contributed by atoms with Crippen molar-refractivity contribution in [3.8, 4) is 21.9 Å². The van der Waals surface area contributed by atoms with Gasteiger partial charge in [-0.2, -0.15) is 0 Å². The zero-order chi connectivity index (χ0) is 19.0. The Morgan fingerprint density at radius 1 is 0.964 bits per heavy atom. The number of rotatable bonds is 3. The Labute approximate surface area is 173 Å². The quantitative estimate of drug-likeness (QED) is 0.564. The number of aryl methyl sites for hydroxylation is 1. The second-order valence-electron chi connectivity index (χ2n) is 7.32. The molecule has 142 valence electrons. The minimum absolute atomic E-state index is 0.101. The fraction of sp³-hybridized carbons (Fsp3) is 0.261. The Hall–Kier alpha value is -2.24. The second kappa shape index (κ2) is 7.30. The highest BCUT2D eigenvalue weighted by Gasteiger charge is 2.39. The van der Waals surface area contributed by atoms with Gasteiger partial charge in [0.1, 0.15) is 11.5 Å². The zero-order valence-corrected chi connectivity index (χ0v) is 17.2. The molecule has 1 unspecified atom stereocenters. The molecule has 1 aromatic heterocycles. The van der Waals surface area contributed by atoms with Crippen LogP contribution < -0.4 is 10.5 Å². The number of aliphatic imine (C=N–C) groups is 1. The fourth-order valence-electron chi connectivity index (χ4n) is 4.16. The molecule has 0 saturated carbocycles. The second-order valence-corrected chi connectivity index (χ2v) is 9.58. The van der Waals surface area contributed by atoms with Crippen LogP contribution in [-0.4, -0.2) is 10.9 Å². The summed E-state index contributed by atoms with van der Waals surface area (Å²) >= 11 is 3.58. The van der Waals surface area contributed by atoms with Crippen LogP contribution in [0.15, 0.2) is 65.7 Å². The largest absolute Gasteiger partial charge is 0.457 e. The van der Waals surface area contributed by atoms with E-state index in [2.05, 4.69) is 24.3 Å². The smallest absolute Gasteiger partial charge is 0.154 e. The Kier molecular flexibility index (Phi) is 4.65. The molecule has 0 amide bonds. The number of ether oxygens (including phenoxy) is 1. The van der Waals surface area contributed by atoms with Crippen molar-refractivity contribution in [2.75, 3.05) is 5.75 Å². The van der Waals surface area contributed by atoms with Gasteiger partial charge in [-0.05, 0) is 67.1 Å². The third-order valence-corrected chi connectivity index (χ3v) is 7.53. The number of para-hydroxylation sites is 1. The normalized spacial score (nSPS) is 21.2. The molecule has 2 aliphatic rings. The maximum absolute atomic E-state index is 6.11. The summed E-state index contributed by atoms with van der Waals surface area (Å²) in [6.07, 6.45) is 4.52. The maximum Gasteiger partial charge on any atom is 0.154 e. The van der Waals surface area contributed by atoms with Crippen molar-refractivity contribution >= 4 is 28.3 Å². The summed E-state index contributed by atoms with van der Waals surface area (Å²) in [5.41, 5.74) is 8.61. The first-order chi connectivity index (χ1) is 13.7. The summed E-state index contributed by atoms with van der Waals surface area (Å²) in [5, 5.41) is 0.741. The summed E-state index contributed by atoms with van der Waals surface area (Å²) in [6.45, 7) is 0. The Balaban J connectivity index is 1.49. The molecule has 5 heteroatoms. The Morgan fingerprint density at radius 2 is 1.82 bits per heavy atom. The molecule has 1 aliphatic heterocycles.